The fraction of sp³-hybridized carbons (Fsp3) is 0.500. The van der Waals surface area contributed by atoms with Gasteiger partial charge in [-0.25, -0.2) is 9.78 Å². The Morgan fingerprint density at radius 3 is 2.81 bits per heavy atom. The summed E-state index contributed by atoms with van der Waals surface area (Å²) in [7, 11) is 0. The smallest absolute Gasteiger partial charge is 0.358 e. The monoisotopic (exact) mass is 221 g/mol. The van der Waals surface area contributed by atoms with Gasteiger partial charge in [-0.2, -0.15) is 0 Å². The molecule has 1 fully saturated rings. The first kappa shape index (κ1) is 10.9. The van der Waals surface area contributed by atoms with E-state index in [-0.39, 0.29) is 11.8 Å². The molecule has 4 nitrogen and oxygen atoms in total. The summed E-state index contributed by atoms with van der Waals surface area (Å²) in [6.07, 6.45) is 7.20. The van der Waals surface area contributed by atoms with Crippen molar-refractivity contribution in [2.24, 2.45) is 0 Å². The third kappa shape index (κ3) is 2.51. The first-order chi connectivity index (χ1) is 7.77. The van der Waals surface area contributed by atoms with E-state index in [9.17, 15) is 4.79 Å². The number of aromatic nitrogens is 1. The Morgan fingerprint density at radius 2 is 2.12 bits per heavy atom. The number of ether oxygens (including phenoxy) is 1. The Morgan fingerprint density at radius 1 is 1.38 bits per heavy atom. The highest BCUT2D eigenvalue weighted by atomic mass is 16.5. The molecule has 1 aromatic rings. The molecule has 0 radical (unpaired) electrons. The molecule has 4 heteroatoms. The average Bonchev–Trinajstić information content (AvgIpc) is 2.31. The van der Waals surface area contributed by atoms with Crippen molar-refractivity contribution in [2.75, 3.05) is 0 Å². The highest BCUT2D eigenvalue weighted by Crippen LogP contribution is 2.24. The fourth-order valence-corrected chi connectivity index (χ4v) is 2.01. The van der Waals surface area contributed by atoms with Gasteiger partial charge in [-0.3, -0.25) is 0 Å². The zero-order chi connectivity index (χ0) is 11.4. The van der Waals surface area contributed by atoms with Gasteiger partial charge in [-0.15, -0.1) is 0 Å². The van der Waals surface area contributed by atoms with Crippen LogP contribution >= 0.6 is 0 Å². The van der Waals surface area contributed by atoms with Crippen LogP contribution in [0.15, 0.2) is 18.3 Å². The van der Waals surface area contributed by atoms with Gasteiger partial charge in [0.2, 0.25) is 0 Å². The van der Waals surface area contributed by atoms with Crippen LogP contribution in [-0.2, 0) is 0 Å². The van der Waals surface area contributed by atoms with E-state index in [1.807, 2.05) is 0 Å². The number of rotatable bonds is 3. The van der Waals surface area contributed by atoms with Crippen molar-refractivity contribution < 1.29 is 14.6 Å². The van der Waals surface area contributed by atoms with Gasteiger partial charge >= 0.3 is 5.97 Å². The Labute approximate surface area is 94.3 Å². The van der Waals surface area contributed by atoms with Gasteiger partial charge in [0.05, 0.1) is 6.10 Å². The van der Waals surface area contributed by atoms with Crippen molar-refractivity contribution in [2.45, 2.75) is 38.2 Å². The lowest BCUT2D eigenvalue weighted by Gasteiger charge is -2.23. The van der Waals surface area contributed by atoms with E-state index in [0.717, 1.165) is 25.7 Å². The quantitative estimate of drug-likeness (QED) is 0.851. The van der Waals surface area contributed by atoms with Crippen molar-refractivity contribution in [3.63, 3.8) is 0 Å². The van der Waals surface area contributed by atoms with Gasteiger partial charge in [0.15, 0.2) is 11.4 Å². The topological polar surface area (TPSA) is 59.4 Å². The van der Waals surface area contributed by atoms with Crippen molar-refractivity contribution in [3.8, 4) is 5.75 Å². The van der Waals surface area contributed by atoms with Gasteiger partial charge in [-0.05, 0) is 37.8 Å². The molecule has 1 aliphatic rings. The van der Waals surface area contributed by atoms with Gasteiger partial charge in [-0.1, -0.05) is 6.42 Å². The van der Waals surface area contributed by atoms with Gasteiger partial charge in [0.25, 0.3) is 0 Å². The molecule has 0 aliphatic heterocycles. The molecular weight excluding hydrogens is 206 g/mol. The van der Waals surface area contributed by atoms with Crippen LogP contribution in [0.4, 0.5) is 0 Å². The number of hydrogen-bond donors (Lipinski definition) is 1. The van der Waals surface area contributed by atoms with Gasteiger partial charge in [0, 0.05) is 6.20 Å². The predicted octanol–water partition coefficient (Wildman–Crippen LogP) is 2.49. The molecule has 0 atom stereocenters. The molecule has 0 aromatic carbocycles. The number of aromatic carboxylic acids is 1. The van der Waals surface area contributed by atoms with E-state index < -0.39 is 5.97 Å². The summed E-state index contributed by atoms with van der Waals surface area (Å²) < 4.78 is 5.70. The van der Waals surface area contributed by atoms with Crippen LogP contribution in [0.25, 0.3) is 0 Å². The number of carboxylic acid groups (broad SMARTS) is 1. The minimum atomic E-state index is -1.04. The zero-order valence-electron chi connectivity index (χ0n) is 9.06. The van der Waals surface area contributed by atoms with Gasteiger partial charge in [0.1, 0.15) is 0 Å². The van der Waals surface area contributed by atoms with Crippen LogP contribution in [0.5, 0.6) is 5.75 Å². The van der Waals surface area contributed by atoms with Crippen LogP contribution < -0.4 is 4.74 Å². The van der Waals surface area contributed by atoms with E-state index in [1.165, 1.54) is 12.6 Å². The summed E-state index contributed by atoms with van der Waals surface area (Å²) in [4.78, 5) is 14.7. The number of pyridine rings is 1. The second kappa shape index (κ2) is 4.96. The highest BCUT2D eigenvalue weighted by molar-refractivity contribution is 5.88. The maximum absolute atomic E-state index is 10.9. The first-order valence-electron chi connectivity index (χ1n) is 5.62. The summed E-state index contributed by atoms with van der Waals surface area (Å²) in [5.41, 5.74) is 0.00748. The molecule has 2 rings (SSSR count). The van der Waals surface area contributed by atoms with Crippen LogP contribution in [0.1, 0.15) is 42.6 Å². The van der Waals surface area contributed by atoms with E-state index in [4.69, 9.17) is 9.84 Å². The van der Waals surface area contributed by atoms with E-state index in [2.05, 4.69) is 4.98 Å². The van der Waals surface area contributed by atoms with Crippen LogP contribution in [0.2, 0.25) is 0 Å². The SMILES string of the molecule is O=C(O)c1ncccc1OC1CCCCC1. The molecular formula is C12H15NO3. The number of hydrogen-bond acceptors (Lipinski definition) is 3. The van der Waals surface area contributed by atoms with Crippen molar-refractivity contribution in [1.29, 1.82) is 0 Å². The van der Waals surface area contributed by atoms with Crippen molar-refractivity contribution in [1.82, 2.24) is 4.98 Å². The van der Waals surface area contributed by atoms with E-state index in [0.29, 0.717) is 5.75 Å². The van der Waals surface area contributed by atoms with Crippen molar-refractivity contribution in [3.05, 3.63) is 24.0 Å². The number of carbonyl (C=O) groups is 1. The molecule has 0 unspecified atom stereocenters. The lowest BCUT2D eigenvalue weighted by Crippen LogP contribution is -2.21. The Hall–Kier alpha value is -1.58. The molecule has 0 bridgehead atoms. The summed E-state index contributed by atoms with van der Waals surface area (Å²) >= 11 is 0. The zero-order valence-corrected chi connectivity index (χ0v) is 9.06. The molecule has 1 saturated carbocycles. The molecule has 86 valence electrons. The molecule has 0 amide bonds. The Kier molecular flexibility index (Phi) is 3.39. The average molecular weight is 221 g/mol. The van der Waals surface area contributed by atoms with Gasteiger partial charge < -0.3 is 9.84 Å². The summed E-state index contributed by atoms with van der Waals surface area (Å²) in [5, 5.41) is 8.95. The van der Waals surface area contributed by atoms with Crippen LogP contribution in [0, 0.1) is 0 Å². The van der Waals surface area contributed by atoms with Crippen LogP contribution in [-0.4, -0.2) is 22.2 Å². The fourth-order valence-electron chi connectivity index (χ4n) is 2.01. The molecule has 1 aromatic heterocycles. The lowest BCUT2D eigenvalue weighted by molar-refractivity contribution is 0.0678. The number of carboxylic acids is 1. The maximum atomic E-state index is 10.9. The first-order valence-corrected chi connectivity index (χ1v) is 5.62. The summed E-state index contributed by atoms with van der Waals surface area (Å²) in [5.74, 6) is -0.645. The molecule has 16 heavy (non-hydrogen) atoms. The maximum Gasteiger partial charge on any atom is 0.358 e. The Balaban J connectivity index is 2.10. The van der Waals surface area contributed by atoms with E-state index in [1.54, 1.807) is 12.1 Å². The number of nitrogens with zero attached hydrogens (tertiary/aromatic N) is 1. The molecule has 0 spiro atoms. The minimum absolute atomic E-state index is 0.00748. The highest BCUT2D eigenvalue weighted by Gasteiger charge is 2.19. The molecule has 0 saturated heterocycles. The second-order valence-electron chi connectivity index (χ2n) is 4.03. The molecule has 1 heterocycles. The van der Waals surface area contributed by atoms with Crippen LogP contribution in [0.3, 0.4) is 0 Å². The van der Waals surface area contributed by atoms with E-state index >= 15 is 0 Å². The minimum Gasteiger partial charge on any atom is -0.488 e. The normalized spacial score (nSPS) is 17.0. The standard InChI is InChI=1S/C12H15NO3/c14-12(15)11-10(7-4-8-13-11)16-9-5-2-1-3-6-9/h4,7-9H,1-3,5-6H2,(H,14,15). The summed E-state index contributed by atoms with van der Waals surface area (Å²) in [6.45, 7) is 0. The lowest BCUT2D eigenvalue weighted by atomic mass is 9.98. The predicted molar refractivity (Wildman–Crippen MR) is 58.7 cm³/mol. The third-order valence-corrected chi connectivity index (χ3v) is 2.82. The largest absolute Gasteiger partial charge is 0.488 e. The third-order valence-electron chi connectivity index (χ3n) is 2.82. The molecule has 1 aliphatic carbocycles. The molecule has 1 N–H and O–H groups in total. The van der Waals surface area contributed by atoms with Crippen molar-refractivity contribution >= 4 is 5.97 Å². The summed E-state index contributed by atoms with van der Waals surface area (Å²) in [6, 6.07) is 3.37. The Bertz CT molecular complexity index is 372. The second-order valence-corrected chi connectivity index (χ2v) is 4.03.